The smallest absolute Gasteiger partial charge is 0.242 e. The number of aryl methyl sites for hydroxylation is 1. The number of benzene rings is 1. The number of anilines is 1. The predicted octanol–water partition coefficient (Wildman–Crippen LogP) is 2.84. The molecule has 1 aromatic rings. The Bertz CT molecular complexity index is 726. The first-order valence-corrected chi connectivity index (χ1v) is 10.8. The predicted molar refractivity (Wildman–Crippen MR) is 105 cm³/mol. The highest BCUT2D eigenvalue weighted by molar-refractivity contribution is 7.89. The molecule has 6 nitrogen and oxygen atoms in total. The van der Waals surface area contributed by atoms with Gasteiger partial charge in [-0.25, -0.2) is 12.7 Å². The van der Waals surface area contributed by atoms with Crippen LogP contribution in [0.5, 0.6) is 0 Å². The lowest BCUT2D eigenvalue weighted by molar-refractivity contribution is -0.132. The van der Waals surface area contributed by atoms with E-state index in [-0.39, 0.29) is 17.3 Å². The van der Waals surface area contributed by atoms with Crippen LogP contribution in [0, 0.1) is 6.92 Å². The van der Waals surface area contributed by atoms with Crippen molar-refractivity contribution in [3.63, 3.8) is 0 Å². The zero-order valence-corrected chi connectivity index (χ0v) is 17.1. The van der Waals surface area contributed by atoms with Gasteiger partial charge in [0.15, 0.2) is 0 Å². The monoisotopic (exact) mass is 381 g/mol. The first-order valence-electron chi connectivity index (χ1n) is 9.34. The molecule has 1 saturated carbocycles. The third kappa shape index (κ3) is 4.76. The van der Waals surface area contributed by atoms with Gasteiger partial charge in [-0.05, 0) is 44.4 Å². The van der Waals surface area contributed by atoms with Crippen molar-refractivity contribution in [3.05, 3.63) is 23.8 Å². The molecule has 1 aliphatic rings. The second kappa shape index (κ2) is 8.86. The average molecular weight is 382 g/mol. The van der Waals surface area contributed by atoms with E-state index < -0.39 is 10.0 Å². The molecule has 7 heteroatoms. The highest BCUT2D eigenvalue weighted by Crippen LogP contribution is 2.24. The molecule has 146 valence electrons. The molecular weight excluding hydrogens is 350 g/mol. The van der Waals surface area contributed by atoms with Crippen molar-refractivity contribution in [2.75, 3.05) is 32.5 Å². The molecule has 0 heterocycles. The number of nitrogens with zero attached hydrogens (tertiary/aromatic N) is 2. The summed E-state index contributed by atoms with van der Waals surface area (Å²) in [6, 6.07) is 5.30. The number of sulfonamides is 1. The Kier molecular flexibility index (Phi) is 7.06. The standard InChI is InChI=1S/C19H31N3O3S/c1-5-22(16-9-7-6-8-10-16)19(23)14-20-18-13-17(12-11-15(18)2)26(24,25)21(3)4/h11-13,16,20H,5-10,14H2,1-4H3. The third-order valence-corrected chi connectivity index (χ3v) is 6.91. The van der Waals surface area contributed by atoms with Crippen molar-refractivity contribution in [1.29, 1.82) is 0 Å². The fourth-order valence-electron chi connectivity index (χ4n) is 3.47. The minimum Gasteiger partial charge on any atom is -0.376 e. The van der Waals surface area contributed by atoms with Gasteiger partial charge in [-0.3, -0.25) is 4.79 Å². The third-order valence-electron chi connectivity index (χ3n) is 5.09. The lowest BCUT2D eigenvalue weighted by Crippen LogP contribution is -2.44. The van der Waals surface area contributed by atoms with Crippen molar-refractivity contribution < 1.29 is 13.2 Å². The van der Waals surface area contributed by atoms with Crippen molar-refractivity contribution >= 4 is 21.6 Å². The molecule has 1 amide bonds. The number of rotatable bonds is 7. The van der Waals surface area contributed by atoms with Crippen LogP contribution in [0.15, 0.2) is 23.1 Å². The van der Waals surface area contributed by atoms with Crippen molar-refractivity contribution in [3.8, 4) is 0 Å². The highest BCUT2D eigenvalue weighted by atomic mass is 32.2. The van der Waals surface area contributed by atoms with E-state index in [0.717, 1.165) is 18.4 Å². The van der Waals surface area contributed by atoms with E-state index in [0.29, 0.717) is 18.3 Å². The van der Waals surface area contributed by atoms with Gasteiger partial charge in [-0.1, -0.05) is 25.3 Å². The molecule has 2 rings (SSSR count). The fraction of sp³-hybridized carbons (Fsp3) is 0.632. The van der Waals surface area contributed by atoms with Gasteiger partial charge in [-0.15, -0.1) is 0 Å². The van der Waals surface area contributed by atoms with Gasteiger partial charge in [0.1, 0.15) is 0 Å². The Morgan fingerprint density at radius 3 is 2.42 bits per heavy atom. The van der Waals surface area contributed by atoms with Crippen LogP contribution in [-0.4, -0.2) is 56.8 Å². The number of amides is 1. The maximum Gasteiger partial charge on any atom is 0.242 e. The van der Waals surface area contributed by atoms with E-state index in [9.17, 15) is 13.2 Å². The molecule has 1 fully saturated rings. The van der Waals surface area contributed by atoms with Crippen molar-refractivity contribution in [2.24, 2.45) is 0 Å². The number of hydrogen-bond acceptors (Lipinski definition) is 4. The minimum atomic E-state index is -3.49. The van der Waals surface area contributed by atoms with Crippen LogP contribution in [0.2, 0.25) is 0 Å². The SMILES string of the molecule is CCN(C(=O)CNc1cc(S(=O)(=O)N(C)C)ccc1C)C1CCCCC1. The molecule has 0 saturated heterocycles. The van der Waals surface area contributed by atoms with E-state index in [1.54, 1.807) is 18.2 Å². The van der Waals surface area contributed by atoms with Crippen LogP contribution >= 0.6 is 0 Å². The van der Waals surface area contributed by atoms with E-state index in [4.69, 9.17) is 0 Å². The molecule has 1 aliphatic carbocycles. The summed E-state index contributed by atoms with van der Waals surface area (Å²) < 4.78 is 25.8. The average Bonchev–Trinajstić information content (AvgIpc) is 2.62. The number of carbonyl (C=O) groups is 1. The molecule has 1 N–H and O–H groups in total. The maximum absolute atomic E-state index is 12.7. The summed E-state index contributed by atoms with van der Waals surface area (Å²) in [5, 5.41) is 3.14. The van der Waals surface area contributed by atoms with Gasteiger partial charge in [0, 0.05) is 32.4 Å². The van der Waals surface area contributed by atoms with Crippen LogP contribution in [-0.2, 0) is 14.8 Å². The van der Waals surface area contributed by atoms with E-state index in [1.165, 1.54) is 37.7 Å². The summed E-state index contributed by atoms with van der Waals surface area (Å²) in [7, 11) is -0.477. The quantitative estimate of drug-likeness (QED) is 0.788. The van der Waals surface area contributed by atoms with Crippen molar-refractivity contribution in [2.45, 2.75) is 56.9 Å². The Balaban J connectivity index is 2.09. The number of hydrogen-bond donors (Lipinski definition) is 1. The summed E-state index contributed by atoms with van der Waals surface area (Å²) in [6.07, 6.45) is 5.79. The number of likely N-dealkylation sites (N-methyl/N-ethyl adjacent to an activating group) is 1. The van der Waals surface area contributed by atoms with Gasteiger partial charge in [0.2, 0.25) is 15.9 Å². The lowest BCUT2D eigenvalue weighted by atomic mass is 9.94. The summed E-state index contributed by atoms with van der Waals surface area (Å²) in [5.41, 5.74) is 1.59. The second-order valence-electron chi connectivity index (χ2n) is 7.09. The first kappa shape index (κ1) is 20.7. The van der Waals surface area contributed by atoms with Gasteiger partial charge < -0.3 is 10.2 Å². The van der Waals surface area contributed by atoms with Crippen LogP contribution in [0.1, 0.15) is 44.6 Å². The Morgan fingerprint density at radius 1 is 1.19 bits per heavy atom. The molecule has 0 aliphatic heterocycles. The van der Waals surface area contributed by atoms with Crippen LogP contribution in [0.4, 0.5) is 5.69 Å². The van der Waals surface area contributed by atoms with Gasteiger partial charge >= 0.3 is 0 Å². The number of carbonyl (C=O) groups excluding carboxylic acids is 1. The number of nitrogens with one attached hydrogen (secondary N) is 1. The molecule has 0 atom stereocenters. The largest absolute Gasteiger partial charge is 0.376 e. The first-order chi connectivity index (χ1) is 12.3. The molecule has 0 spiro atoms. The molecule has 1 aromatic carbocycles. The van der Waals surface area contributed by atoms with Crippen LogP contribution < -0.4 is 5.32 Å². The molecule has 0 unspecified atom stereocenters. The zero-order valence-electron chi connectivity index (χ0n) is 16.3. The van der Waals surface area contributed by atoms with Gasteiger partial charge in [0.05, 0.1) is 11.4 Å². The van der Waals surface area contributed by atoms with Gasteiger partial charge in [0.25, 0.3) is 0 Å². The zero-order chi connectivity index (χ0) is 19.3. The molecule has 26 heavy (non-hydrogen) atoms. The second-order valence-corrected chi connectivity index (χ2v) is 9.24. The Labute approximate surface area is 157 Å². The Morgan fingerprint density at radius 2 is 1.85 bits per heavy atom. The van der Waals surface area contributed by atoms with Crippen LogP contribution in [0.25, 0.3) is 0 Å². The molecule has 0 aromatic heterocycles. The van der Waals surface area contributed by atoms with Crippen LogP contribution in [0.3, 0.4) is 0 Å². The Hall–Kier alpha value is -1.60. The highest BCUT2D eigenvalue weighted by Gasteiger charge is 2.24. The lowest BCUT2D eigenvalue weighted by Gasteiger charge is -2.33. The fourth-order valence-corrected chi connectivity index (χ4v) is 4.39. The minimum absolute atomic E-state index is 0.0691. The normalized spacial score (nSPS) is 15.9. The molecule has 0 bridgehead atoms. The molecule has 0 radical (unpaired) electrons. The van der Waals surface area contributed by atoms with E-state index in [1.807, 2.05) is 18.7 Å². The molecular formula is C19H31N3O3S. The van der Waals surface area contributed by atoms with E-state index in [2.05, 4.69) is 5.32 Å². The van der Waals surface area contributed by atoms with Crippen molar-refractivity contribution in [1.82, 2.24) is 9.21 Å². The topological polar surface area (TPSA) is 69.7 Å². The summed E-state index contributed by atoms with van der Waals surface area (Å²) in [5.74, 6) is 0.0691. The summed E-state index contributed by atoms with van der Waals surface area (Å²) >= 11 is 0. The summed E-state index contributed by atoms with van der Waals surface area (Å²) in [6.45, 7) is 4.80. The summed E-state index contributed by atoms with van der Waals surface area (Å²) in [4.78, 5) is 14.9. The van der Waals surface area contributed by atoms with E-state index >= 15 is 0 Å². The van der Waals surface area contributed by atoms with Gasteiger partial charge in [-0.2, -0.15) is 0 Å². The maximum atomic E-state index is 12.7.